The van der Waals surface area contributed by atoms with Gasteiger partial charge >= 0.3 is 0 Å². The van der Waals surface area contributed by atoms with Gasteiger partial charge in [-0.1, -0.05) is 18.8 Å². The predicted octanol–water partition coefficient (Wildman–Crippen LogP) is 2.48. The van der Waals surface area contributed by atoms with Crippen LogP contribution in [0.5, 0.6) is 5.75 Å². The van der Waals surface area contributed by atoms with E-state index < -0.39 is 0 Å². The van der Waals surface area contributed by atoms with Gasteiger partial charge in [0.2, 0.25) is 0 Å². The molecule has 1 aromatic rings. The van der Waals surface area contributed by atoms with Crippen molar-refractivity contribution >= 4 is 0 Å². The molecular formula is C14H19NO. The molecule has 0 saturated heterocycles. The van der Waals surface area contributed by atoms with Gasteiger partial charge in [0.1, 0.15) is 5.75 Å². The molecule has 16 heavy (non-hydrogen) atoms. The van der Waals surface area contributed by atoms with E-state index in [0.717, 1.165) is 23.3 Å². The fourth-order valence-electron chi connectivity index (χ4n) is 1.31. The van der Waals surface area contributed by atoms with Gasteiger partial charge in [0.05, 0.1) is 12.6 Å². The minimum Gasteiger partial charge on any atom is -0.490 e. The zero-order valence-electron chi connectivity index (χ0n) is 10.2. The van der Waals surface area contributed by atoms with Gasteiger partial charge in [-0.05, 0) is 44.0 Å². The summed E-state index contributed by atoms with van der Waals surface area (Å²) >= 11 is 0. The van der Waals surface area contributed by atoms with Crippen molar-refractivity contribution in [1.29, 1.82) is 0 Å². The maximum Gasteiger partial charge on any atom is 0.122 e. The molecule has 1 atom stereocenters. The second kappa shape index (κ2) is 6.19. The third kappa shape index (κ3) is 3.60. The smallest absolute Gasteiger partial charge is 0.122 e. The molecule has 1 aromatic carbocycles. The Kier molecular flexibility index (Phi) is 4.88. The lowest BCUT2D eigenvalue weighted by atomic mass is 10.1. The molecule has 2 heteroatoms. The van der Waals surface area contributed by atoms with Crippen LogP contribution in [0.1, 0.15) is 31.4 Å². The Morgan fingerprint density at radius 2 is 2.19 bits per heavy atom. The van der Waals surface area contributed by atoms with E-state index in [2.05, 4.69) is 25.7 Å². The van der Waals surface area contributed by atoms with Crippen LogP contribution in [0.25, 0.3) is 0 Å². The standard InChI is InChI=1S/C14H19NO/c1-4-12(3)16-14-8-7-13(6-5-9-15)10-11(14)2/h7-8,10,12H,4,9,15H2,1-3H3. The second-order valence-electron chi connectivity index (χ2n) is 3.82. The Morgan fingerprint density at radius 3 is 2.75 bits per heavy atom. The summed E-state index contributed by atoms with van der Waals surface area (Å²) < 4.78 is 5.78. The van der Waals surface area contributed by atoms with Crippen molar-refractivity contribution in [1.82, 2.24) is 0 Å². The Bertz CT molecular complexity index is 401. The van der Waals surface area contributed by atoms with Gasteiger partial charge < -0.3 is 10.5 Å². The van der Waals surface area contributed by atoms with Gasteiger partial charge in [-0.2, -0.15) is 0 Å². The van der Waals surface area contributed by atoms with Crippen molar-refractivity contribution in [2.45, 2.75) is 33.3 Å². The topological polar surface area (TPSA) is 35.2 Å². The largest absolute Gasteiger partial charge is 0.490 e. The number of nitrogens with two attached hydrogens (primary N) is 1. The quantitative estimate of drug-likeness (QED) is 0.789. The van der Waals surface area contributed by atoms with Crippen LogP contribution in [0.4, 0.5) is 0 Å². The van der Waals surface area contributed by atoms with Gasteiger partial charge in [0, 0.05) is 5.56 Å². The fraction of sp³-hybridized carbons (Fsp3) is 0.429. The van der Waals surface area contributed by atoms with Crippen molar-refractivity contribution in [3.63, 3.8) is 0 Å². The normalized spacial score (nSPS) is 11.5. The highest BCUT2D eigenvalue weighted by atomic mass is 16.5. The molecule has 0 fully saturated rings. The van der Waals surface area contributed by atoms with Crippen molar-refractivity contribution < 1.29 is 4.74 Å². The van der Waals surface area contributed by atoms with Gasteiger partial charge in [-0.25, -0.2) is 0 Å². The fourth-order valence-corrected chi connectivity index (χ4v) is 1.31. The van der Waals surface area contributed by atoms with Crippen LogP contribution in [-0.4, -0.2) is 12.6 Å². The minimum absolute atomic E-state index is 0.250. The molecule has 1 unspecified atom stereocenters. The summed E-state index contributed by atoms with van der Waals surface area (Å²) in [7, 11) is 0. The average molecular weight is 217 g/mol. The first kappa shape index (κ1) is 12.6. The van der Waals surface area contributed by atoms with Crippen LogP contribution in [0.15, 0.2) is 18.2 Å². The van der Waals surface area contributed by atoms with Crippen molar-refractivity contribution in [2.24, 2.45) is 5.73 Å². The summed E-state index contributed by atoms with van der Waals surface area (Å²) in [6.45, 7) is 6.61. The second-order valence-corrected chi connectivity index (χ2v) is 3.82. The maximum absolute atomic E-state index is 5.78. The van der Waals surface area contributed by atoms with E-state index in [1.807, 2.05) is 25.1 Å². The average Bonchev–Trinajstić information content (AvgIpc) is 2.29. The molecule has 2 nitrogen and oxygen atoms in total. The van der Waals surface area contributed by atoms with E-state index >= 15 is 0 Å². The first-order valence-electron chi connectivity index (χ1n) is 5.63. The van der Waals surface area contributed by atoms with Crippen LogP contribution < -0.4 is 10.5 Å². The summed E-state index contributed by atoms with van der Waals surface area (Å²) in [4.78, 5) is 0. The zero-order valence-corrected chi connectivity index (χ0v) is 10.2. The number of hydrogen-bond acceptors (Lipinski definition) is 2. The van der Waals surface area contributed by atoms with Crippen LogP contribution in [0, 0.1) is 18.8 Å². The Morgan fingerprint density at radius 1 is 1.44 bits per heavy atom. The Hall–Kier alpha value is -1.46. The molecule has 0 radical (unpaired) electrons. The van der Waals surface area contributed by atoms with Crippen molar-refractivity contribution in [2.75, 3.05) is 6.54 Å². The lowest BCUT2D eigenvalue weighted by molar-refractivity contribution is 0.216. The first-order chi connectivity index (χ1) is 7.67. The van der Waals surface area contributed by atoms with Gasteiger partial charge in [-0.15, -0.1) is 0 Å². The highest BCUT2D eigenvalue weighted by Gasteiger charge is 2.04. The summed E-state index contributed by atoms with van der Waals surface area (Å²) in [6, 6.07) is 5.97. The van der Waals surface area contributed by atoms with Crippen LogP contribution in [0.2, 0.25) is 0 Å². The van der Waals surface area contributed by atoms with Gasteiger partial charge in [0.15, 0.2) is 0 Å². The molecule has 1 rings (SSSR count). The molecular weight excluding hydrogens is 198 g/mol. The zero-order chi connectivity index (χ0) is 12.0. The first-order valence-corrected chi connectivity index (χ1v) is 5.63. The van der Waals surface area contributed by atoms with E-state index in [0.29, 0.717) is 6.54 Å². The van der Waals surface area contributed by atoms with Crippen LogP contribution >= 0.6 is 0 Å². The number of aryl methyl sites for hydroxylation is 1. The maximum atomic E-state index is 5.78. The summed E-state index contributed by atoms with van der Waals surface area (Å²) in [5, 5.41) is 0. The summed E-state index contributed by atoms with van der Waals surface area (Å²) in [5.41, 5.74) is 7.43. The molecule has 86 valence electrons. The Labute approximate surface area is 97.8 Å². The molecule has 0 aromatic heterocycles. The number of rotatable bonds is 3. The van der Waals surface area contributed by atoms with Crippen molar-refractivity contribution in [3.05, 3.63) is 29.3 Å². The molecule has 0 aliphatic carbocycles. The minimum atomic E-state index is 0.250. The van der Waals surface area contributed by atoms with Crippen LogP contribution in [-0.2, 0) is 0 Å². The van der Waals surface area contributed by atoms with E-state index in [1.165, 1.54) is 0 Å². The molecule has 0 amide bonds. The van der Waals surface area contributed by atoms with Gasteiger partial charge in [0.25, 0.3) is 0 Å². The molecule has 0 aliphatic heterocycles. The Balaban J connectivity index is 2.83. The molecule has 0 aliphatic rings. The lowest BCUT2D eigenvalue weighted by Gasteiger charge is -2.14. The highest BCUT2D eigenvalue weighted by molar-refractivity contribution is 5.43. The van der Waals surface area contributed by atoms with E-state index in [1.54, 1.807) is 0 Å². The third-order valence-electron chi connectivity index (χ3n) is 2.41. The van der Waals surface area contributed by atoms with E-state index in [-0.39, 0.29) is 6.10 Å². The SMILES string of the molecule is CCC(C)Oc1ccc(C#CCN)cc1C. The molecule has 2 N–H and O–H groups in total. The predicted molar refractivity (Wildman–Crippen MR) is 67.5 cm³/mol. The third-order valence-corrected chi connectivity index (χ3v) is 2.41. The number of benzene rings is 1. The molecule has 0 heterocycles. The van der Waals surface area contributed by atoms with Gasteiger partial charge in [-0.3, -0.25) is 0 Å². The summed E-state index contributed by atoms with van der Waals surface area (Å²) in [5.74, 6) is 6.79. The van der Waals surface area contributed by atoms with Crippen molar-refractivity contribution in [3.8, 4) is 17.6 Å². The highest BCUT2D eigenvalue weighted by Crippen LogP contribution is 2.20. The van der Waals surface area contributed by atoms with E-state index in [4.69, 9.17) is 10.5 Å². The monoisotopic (exact) mass is 217 g/mol. The molecule has 0 bridgehead atoms. The van der Waals surface area contributed by atoms with Crippen LogP contribution in [0.3, 0.4) is 0 Å². The molecule has 0 saturated carbocycles. The number of ether oxygens (including phenoxy) is 1. The number of hydrogen-bond donors (Lipinski definition) is 1. The molecule has 0 spiro atoms. The lowest BCUT2D eigenvalue weighted by Crippen LogP contribution is -2.10. The van der Waals surface area contributed by atoms with E-state index in [9.17, 15) is 0 Å². The summed E-state index contributed by atoms with van der Waals surface area (Å²) in [6.07, 6.45) is 1.26.